The highest BCUT2D eigenvalue weighted by Crippen LogP contribution is 2.51. The lowest BCUT2D eigenvalue weighted by atomic mass is 9.64. The van der Waals surface area contributed by atoms with E-state index in [1.54, 1.807) is 0 Å². The van der Waals surface area contributed by atoms with E-state index in [9.17, 15) is 5.11 Å². The van der Waals surface area contributed by atoms with E-state index in [0.29, 0.717) is 6.54 Å². The van der Waals surface area contributed by atoms with Crippen molar-refractivity contribution in [3.05, 3.63) is 0 Å². The van der Waals surface area contributed by atoms with Crippen LogP contribution in [0.25, 0.3) is 0 Å². The summed E-state index contributed by atoms with van der Waals surface area (Å²) in [5.41, 5.74) is 5.58. The van der Waals surface area contributed by atoms with Gasteiger partial charge in [0.05, 0.1) is 5.60 Å². The van der Waals surface area contributed by atoms with Crippen LogP contribution >= 0.6 is 0 Å². The number of rotatable bonds is 2. The van der Waals surface area contributed by atoms with Gasteiger partial charge in [0.1, 0.15) is 0 Å². The minimum atomic E-state index is -0.420. The molecule has 2 saturated carbocycles. The summed E-state index contributed by atoms with van der Waals surface area (Å²) in [6.07, 6.45) is 10.5. The van der Waals surface area contributed by atoms with E-state index in [1.165, 1.54) is 32.1 Å². The van der Waals surface area contributed by atoms with E-state index < -0.39 is 5.60 Å². The van der Waals surface area contributed by atoms with Crippen LogP contribution in [0.4, 0.5) is 0 Å². The summed E-state index contributed by atoms with van der Waals surface area (Å²) in [7, 11) is 0. The second-order valence-corrected chi connectivity index (χ2v) is 5.28. The lowest BCUT2D eigenvalue weighted by Crippen LogP contribution is -2.52. The largest absolute Gasteiger partial charge is 0.389 e. The molecule has 2 fully saturated rings. The van der Waals surface area contributed by atoms with Crippen molar-refractivity contribution in [2.24, 2.45) is 11.1 Å². The molecule has 0 atom stereocenters. The van der Waals surface area contributed by atoms with Gasteiger partial charge in [-0.3, -0.25) is 0 Å². The number of nitrogens with two attached hydrogens (primary N) is 1. The first-order valence-electron chi connectivity index (χ1n) is 6.15. The lowest BCUT2D eigenvalue weighted by molar-refractivity contribution is -0.103. The Morgan fingerprint density at radius 2 is 1.36 bits per heavy atom. The first kappa shape index (κ1) is 10.4. The maximum atomic E-state index is 10.7. The van der Waals surface area contributed by atoms with Crippen molar-refractivity contribution in [1.82, 2.24) is 0 Å². The standard InChI is InChI=1S/C12H23NO/c13-10-11(6-4-5-7-11)12(14)8-2-1-3-9-12/h14H,1-10,13H2. The Morgan fingerprint density at radius 3 is 1.86 bits per heavy atom. The molecule has 0 bridgehead atoms. The molecule has 3 N–H and O–H groups in total. The zero-order chi connectivity index (χ0) is 10.1. The SMILES string of the molecule is NCC1(C2(O)CCCCC2)CCCC1. The van der Waals surface area contributed by atoms with Crippen molar-refractivity contribution in [2.45, 2.75) is 63.4 Å². The molecule has 0 aromatic rings. The second kappa shape index (κ2) is 3.82. The Morgan fingerprint density at radius 1 is 0.857 bits per heavy atom. The van der Waals surface area contributed by atoms with E-state index in [1.807, 2.05) is 0 Å². The van der Waals surface area contributed by atoms with Crippen LogP contribution in [0.5, 0.6) is 0 Å². The average Bonchev–Trinajstić information content (AvgIpc) is 2.68. The highest BCUT2D eigenvalue weighted by molar-refractivity contribution is 5.03. The predicted octanol–water partition coefficient (Wildman–Crippen LogP) is 2.20. The van der Waals surface area contributed by atoms with Gasteiger partial charge in [-0.1, -0.05) is 32.1 Å². The van der Waals surface area contributed by atoms with Crippen LogP contribution in [0.2, 0.25) is 0 Å². The third kappa shape index (κ3) is 1.49. The first-order chi connectivity index (χ1) is 6.72. The van der Waals surface area contributed by atoms with Crippen molar-refractivity contribution < 1.29 is 5.11 Å². The molecular weight excluding hydrogens is 174 g/mol. The van der Waals surface area contributed by atoms with E-state index >= 15 is 0 Å². The van der Waals surface area contributed by atoms with Gasteiger partial charge in [0.2, 0.25) is 0 Å². The summed E-state index contributed by atoms with van der Waals surface area (Å²) >= 11 is 0. The summed E-state index contributed by atoms with van der Waals surface area (Å²) in [6, 6.07) is 0. The van der Waals surface area contributed by atoms with Crippen LogP contribution < -0.4 is 5.73 Å². The Balaban J connectivity index is 2.15. The number of hydrogen-bond acceptors (Lipinski definition) is 2. The van der Waals surface area contributed by atoms with Crippen molar-refractivity contribution in [2.75, 3.05) is 6.54 Å². The normalized spacial score (nSPS) is 30.4. The molecule has 2 heteroatoms. The maximum Gasteiger partial charge on any atom is 0.0715 e. The molecule has 0 aromatic carbocycles. The Hall–Kier alpha value is -0.0800. The molecule has 0 aromatic heterocycles. The third-order valence-electron chi connectivity index (χ3n) is 4.62. The number of aliphatic hydroxyl groups is 1. The molecule has 0 amide bonds. The molecule has 2 aliphatic rings. The first-order valence-corrected chi connectivity index (χ1v) is 6.15. The van der Waals surface area contributed by atoms with Crippen molar-refractivity contribution in [1.29, 1.82) is 0 Å². The van der Waals surface area contributed by atoms with Crippen LogP contribution in [0.3, 0.4) is 0 Å². The molecule has 0 radical (unpaired) electrons. The van der Waals surface area contributed by atoms with Gasteiger partial charge in [0.25, 0.3) is 0 Å². The van der Waals surface area contributed by atoms with Gasteiger partial charge < -0.3 is 10.8 Å². The minimum Gasteiger partial charge on any atom is -0.389 e. The van der Waals surface area contributed by atoms with Crippen molar-refractivity contribution in [3.63, 3.8) is 0 Å². The maximum absolute atomic E-state index is 10.7. The average molecular weight is 197 g/mol. The quantitative estimate of drug-likeness (QED) is 0.713. The van der Waals surface area contributed by atoms with Crippen LogP contribution in [0, 0.1) is 5.41 Å². The predicted molar refractivity (Wildman–Crippen MR) is 58.0 cm³/mol. The van der Waals surface area contributed by atoms with Crippen molar-refractivity contribution in [3.8, 4) is 0 Å². The fourth-order valence-electron chi connectivity index (χ4n) is 3.58. The molecule has 14 heavy (non-hydrogen) atoms. The molecule has 0 saturated heterocycles. The zero-order valence-corrected chi connectivity index (χ0v) is 9.10. The Labute approximate surface area is 86.9 Å². The van der Waals surface area contributed by atoms with E-state index in [2.05, 4.69) is 0 Å². The van der Waals surface area contributed by atoms with Gasteiger partial charge in [-0.15, -0.1) is 0 Å². The highest BCUT2D eigenvalue weighted by atomic mass is 16.3. The summed E-state index contributed by atoms with van der Waals surface area (Å²) in [5.74, 6) is 0. The van der Waals surface area contributed by atoms with Gasteiger partial charge in [-0.2, -0.15) is 0 Å². The van der Waals surface area contributed by atoms with Gasteiger partial charge in [0.15, 0.2) is 0 Å². The molecular formula is C12H23NO. The monoisotopic (exact) mass is 197 g/mol. The third-order valence-corrected chi connectivity index (χ3v) is 4.62. The lowest BCUT2D eigenvalue weighted by Gasteiger charge is -2.47. The zero-order valence-electron chi connectivity index (χ0n) is 9.10. The van der Waals surface area contributed by atoms with E-state index in [0.717, 1.165) is 25.7 Å². The minimum absolute atomic E-state index is 0.0768. The van der Waals surface area contributed by atoms with Crippen LogP contribution in [-0.2, 0) is 0 Å². The molecule has 2 aliphatic carbocycles. The molecule has 2 rings (SSSR count). The van der Waals surface area contributed by atoms with Gasteiger partial charge in [-0.25, -0.2) is 0 Å². The Bertz CT molecular complexity index is 190. The van der Waals surface area contributed by atoms with Crippen LogP contribution in [0.1, 0.15) is 57.8 Å². The molecule has 0 aliphatic heterocycles. The van der Waals surface area contributed by atoms with Crippen LogP contribution in [0.15, 0.2) is 0 Å². The fraction of sp³-hybridized carbons (Fsp3) is 1.00. The highest BCUT2D eigenvalue weighted by Gasteiger charge is 2.50. The molecule has 0 unspecified atom stereocenters. The van der Waals surface area contributed by atoms with Gasteiger partial charge in [0, 0.05) is 12.0 Å². The topological polar surface area (TPSA) is 46.2 Å². The molecule has 0 heterocycles. The summed E-state index contributed by atoms with van der Waals surface area (Å²) < 4.78 is 0. The smallest absolute Gasteiger partial charge is 0.0715 e. The summed E-state index contributed by atoms with van der Waals surface area (Å²) in [5, 5.41) is 10.7. The Kier molecular flexibility index (Phi) is 2.85. The summed E-state index contributed by atoms with van der Waals surface area (Å²) in [6.45, 7) is 0.684. The molecule has 2 nitrogen and oxygen atoms in total. The molecule has 0 spiro atoms. The van der Waals surface area contributed by atoms with Crippen LogP contribution in [-0.4, -0.2) is 17.3 Å². The van der Waals surface area contributed by atoms with E-state index in [4.69, 9.17) is 5.73 Å². The second-order valence-electron chi connectivity index (χ2n) is 5.28. The number of hydrogen-bond donors (Lipinski definition) is 2. The summed E-state index contributed by atoms with van der Waals surface area (Å²) in [4.78, 5) is 0. The fourth-order valence-corrected chi connectivity index (χ4v) is 3.58. The molecule has 82 valence electrons. The van der Waals surface area contributed by atoms with E-state index in [-0.39, 0.29) is 5.41 Å². The van der Waals surface area contributed by atoms with Gasteiger partial charge in [-0.05, 0) is 25.7 Å². The van der Waals surface area contributed by atoms with Crippen molar-refractivity contribution >= 4 is 0 Å². The van der Waals surface area contributed by atoms with Gasteiger partial charge >= 0.3 is 0 Å².